The topological polar surface area (TPSA) is 43.9 Å². The van der Waals surface area contributed by atoms with Crippen LogP contribution in [0.3, 0.4) is 0 Å². The van der Waals surface area contributed by atoms with Crippen LogP contribution in [0.4, 0.5) is 0 Å². The Morgan fingerprint density at radius 3 is 2.52 bits per heavy atom. The lowest BCUT2D eigenvalue weighted by atomic mass is 10.1. The van der Waals surface area contributed by atoms with E-state index >= 15 is 0 Å². The van der Waals surface area contributed by atoms with Crippen LogP contribution in [0.1, 0.15) is 37.7 Å². The van der Waals surface area contributed by atoms with Crippen LogP contribution in [0.2, 0.25) is 5.02 Å². The highest BCUT2D eigenvalue weighted by Gasteiger charge is 2.24. The molecule has 0 N–H and O–H groups in total. The molecule has 2 amide bonds. The van der Waals surface area contributed by atoms with Crippen LogP contribution in [-0.2, 0) is 16.0 Å². The first-order chi connectivity index (χ1) is 13.1. The molecular weight excluding hydrogens is 362 g/mol. The van der Waals surface area contributed by atoms with Gasteiger partial charge in [-0.15, -0.1) is 0 Å². The number of hydrogen-bond acceptors (Lipinski definition) is 3. The first-order valence-corrected chi connectivity index (χ1v) is 10.5. The van der Waals surface area contributed by atoms with Crippen LogP contribution >= 0.6 is 11.6 Å². The van der Waals surface area contributed by atoms with Gasteiger partial charge < -0.3 is 14.7 Å². The van der Waals surface area contributed by atoms with Gasteiger partial charge in [0.1, 0.15) is 0 Å². The summed E-state index contributed by atoms with van der Waals surface area (Å²) in [6.07, 6.45) is 5.36. The van der Waals surface area contributed by atoms with Gasteiger partial charge in [0.15, 0.2) is 0 Å². The second-order valence-electron chi connectivity index (χ2n) is 7.51. The molecule has 0 aliphatic carbocycles. The van der Waals surface area contributed by atoms with Crippen molar-refractivity contribution in [1.29, 1.82) is 0 Å². The molecule has 148 valence electrons. The molecule has 2 heterocycles. The second-order valence-corrected chi connectivity index (χ2v) is 7.91. The van der Waals surface area contributed by atoms with Gasteiger partial charge >= 0.3 is 0 Å². The lowest BCUT2D eigenvalue weighted by Crippen LogP contribution is -2.41. The van der Waals surface area contributed by atoms with E-state index in [9.17, 15) is 9.59 Å². The van der Waals surface area contributed by atoms with Crippen LogP contribution in [-0.4, -0.2) is 72.3 Å². The Balaban J connectivity index is 1.45. The van der Waals surface area contributed by atoms with Gasteiger partial charge in [-0.25, -0.2) is 0 Å². The molecule has 0 atom stereocenters. The van der Waals surface area contributed by atoms with E-state index in [2.05, 4.69) is 4.90 Å². The van der Waals surface area contributed by atoms with Crippen LogP contribution in [0.25, 0.3) is 0 Å². The molecule has 0 unspecified atom stereocenters. The molecule has 1 aromatic carbocycles. The number of benzene rings is 1. The fraction of sp³-hybridized carbons (Fsp3) is 0.619. The molecule has 0 spiro atoms. The van der Waals surface area contributed by atoms with E-state index in [1.165, 1.54) is 19.3 Å². The van der Waals surface area contributed by atoms with Crippen LogP contribution in [0, 0.1) is 0 Å². The largest absolute Gasteiger partial charge is 0.340 e. The molecule has 2 fully saturated rings. The molecule has 5 nitrogen and oxygen atoms in total. The van der Waals surface area contributed by atoms with Gasteiger partial charge in [0, 0.05) is 50.6 Å². The molecule has 0 bridgehead atoms. The molecule has 2 aliphatic heterocycles. The predicted octanol–water partition coefficient (Wildman–Crippen LogP) is 2.82. The standard InChI is InChI=1S/C21H30ClN3O2/c22-19-7-3-2-6-18(19)8-9-20(26)24-13-10-21(27)25(17-16-24)15-14-23-11-4-1-5-12-23/h2-3,6-7H,1,4-5,8-17H2. The molecule has 2 aliphatic rings. The normalized spacial score (nSPS) is 19.2. The maximum atomic E-state index is 12.6. The van der Waals surface area contributed by atoms with Crippen molar-refractivity contribution in [2.24, 2.45) is 0 Å². The first-order valence-electron chi connectivity index (χ1n) is 10.1. The van der Waals surface area contributed by atoms with Crippen molar-refractivity contribution in [3.05, 3.63) is 34.9 Å². The Morgan fingerprint density at radius 1 is 0.963 bits per heavy atom. The summed E-state index contributed by atoms with van der Waals surface area (Å²) in [7, 11) is 0. The SMILES string of the molecule is O=C(CCc1ccccc1Cl)N1CCC(=O)N(CCN2CCCCC2)CC1. The molecular formula is C21H30ClN3O2. The third-order valence-corrected chi connectivity index (χ3v) is 6.01. The van der Waals surface area contributed by atoms with E-state index in [4.69, 9.17) is 11.6 Å². The maximum absolute atomic E-state index is 12.6. The van der Waals surface area contributed by atoms with E-state index < -0.39 is 0 Å². The second kappa shape index (κ2) is 10.1. The Morgan fingerprint density at radius 2 is 1.74 bits per heavy atom. The third-order valence-electron chi connectivity index (χ3n) is 5.64. The minimum absolute atomic E-state index is 0.112. The average molecular weight is 392 g/mol. The van der Waals surface area contributed by atoms with Crippen molar-refractivity contribution in [3.8, 4) is 0 Å². The fourth-order valence-electron chi connectivity index (χ4n) is 3.90. The predicted molar refractivity (Wildman–Crippen MR) is 108 cm³/mol. The van der Waals surface area contributed by atoms with Crippen LogP contribution in [0.15, 0.2) is 24.3 Å². The van der Waals surface area contributed by atoms with Crippen LogP contribution in [0.5, 0.6) is 0 Å². The summed E-state index contributed by atoms with van der Waals surface area (Å²) in [5.74, 6) is 0.286. The molecule has 0 radical (unpaired) electrons. The molecule has 0 aromatic heterocycles. The average Bonchev–Trinajstić information content (AvgIpc) is 2.88. The zero-order chi connectivity index (χ0) is 19.1. The van der Waals surface area contributed by atoms with Gasteiger partial charge in [0.25, 0.3) is 0 Å². The minimum atomic E-state index is 0.112. The number of aryl methyl sites for hydroxylation is 1. The maximum Gasteiger partial charge on any atom is 0.224 e. The smallest absolute Gasteiger partial charge is 0.224 e. The number of halogens is 1. The van der Waals surface area contributed by atoms with Crippen molar-refractivity contribution < 1.29 is 9.59 Å². The number of carbonyl (C=O) groups is 2. The van der Waals surface area contributed by atoms with Gasteiger partial charge in [-0.3, -0.25) is 9.59 Å². The van der Waals surface area contributed by atoms with E-state index in [1.807, 2.05) is 34.1 Å². The minimum Gasteiger partial charge on any atom is -0.340 e. The number of carbonyl (C=O) groups excluding carboxylic acids is 2. The van der Waals surface area contributed by atoms with E-state index in [0.717, 1.165) is 31.7 Å². The highest BCUT2D eigenvalue weighted by atomic mass is 35.5. The highest BCUT2D eigenvalue weighted by molar-refractivity contribution is 6.31. The highest BCUT2D eigenvalue weighted by Crippen LogP contribution is 2.17. The van der Waals surface area contributed by atoms with Gasteiger partial charge in [0.2, 0.25) is 11.8 Å². The number of likely N-dealkylation sites (tertiary alicyclic amines) is 1. The van der Waals surface area contributed by atoms with Crippen molar-refractivity contribution >= 4 is 23.4 Å². The Hall–Kier alpha value is -1.59. The molecule has 2 saturated heterocycles. The number of amides is 2. The number of rotatable bonds is 6. The fourth-order valence-corrected chi connectivity index (χ4v) is 4.13. The van der Waals surface area contributed by atoms with Crippen LogP contribution < -0.4 is 0 Å². The lowest BCUT2D eigenvalue weighted by Gasteiger charge is -2.29. The monoisotopic (exact) mass is 391 g/mol. The number of piperidine rings is 1. The van der Waals surface area contributed by atoms with E-state index in [-0.39, 0.29) is 11.8 Å². The zero-order valence-corrected chi connectivity index (χ0v) is 16.8. The molecule has 6 heteroatoms. The zero-order valence-electron chi connectivity index (χ0n) is 16.0. The summed E-state index contributed by atoms with van der Waals surface area (Å²) < 4.78 is 0. The van der Waals surface area contributed by atoms with Gasteiger partial charge in [0.05, 0.1) is 0 Å². The Labute approximate surface area is 167 Å². The van der Waals surface area contributed by atoms with E-state index in [0.29, 0.717) is 43.9 Å². The molecule has 27 heavy (non-hydrogen) atoms. The summed E-state index contributed by atoms with van der Waals surface area (Å²) in [6.45, 7) is 5.83. The summed E-state index contributed by atoms with van der Waals surface area (Å²) >= 11 is 6.18. The van der Waals surface area contributed by atoms with Crippen molar-refractivity contribution in [3.63, 3.8) is 0 Å². The van der Waals surface area contributed by atoms with Crippen molar-refractivity contribution in [1.82, 2.24) is 14.7 Å². The Bertz CT molecular complexity index is 646. The summed E-state index contributed by atoms with van der Waals surface area (Å²) in [5.41, 5.74) is 1.00. The number of hydrogen-bond donors (Lipinski definition) is 0. The molecule has 0 saturated carbocycles. The lowest BCUT2D eigenvalue weighted by molar-refractivity contribution is -0.131. The van der Waals surface area contributed by atoms with Crippen molar-refractivity contribution in [2.45, 2.75) is 38.5 Å². The third kappa shape index (κ3) is 5.94. The van der Waals surface area contributed by atoms with Gasteiger partial charge in [-0.1, -0.05) is 36.2 Å². The summed E-state index contributed by atoms with van der Waals surface area (Å²) in [4.78, 5) is 31.3. The van der Waals surface area contributed by atoms with Gasteiger partial charge in [-0.2, -0.15) is 0 Å². The molecule has 3 rings (SSSR count). The number of nitrogens with zero attached hydrogens (tertiary/aromatic N) is 3. The Kier molecular flexibility index (Phi) is 7.53. The molecule has 1 aromatic rings. The van der Waals surface area contributed by atoms with E-state index in [1.54, 1.807) is 0 Å². The quantitative estimate of drug-likeness (QED) is 0.749. The van der Waals surface area contributed by atoms with Gasteiger partial charge in [-0.05, 0) is 44.0 Å². The van der Waals surface area contributed by atoms with Crippen molar-refractivity contribution in [2.75, 3.05) is 45.8 Å². The summed E-state index contributed by atoms with van der Waals surface area (Å²) in [6, 6.07) is 7.65. The summed E-state index contributed by atoms with van der Waals surface area (Å²) in [5, 5.41) is 0.709. The first kappa shape index (κ1) is 20.2.